The first-order chi connectivity index (χ1) is 16.4. The van der Waals surface area contributed by atoms with Crippen LogP contribution < -0.4 is 10.6 Å². The van der Waals surface area contributed by atoms with Crippen molar-refractivity contribution in [1.82, 2.24) is 14.5 Å². The molecule has 0 unspecified atom stereocenters. The van der Waals surface area contributed by atoms with Crippen LogP contribution in [-0.4, -0.2) is 52.4 Å². The van der Waals surface area contributed by atoms with Gasteiger partial charge in [0.1, 0.15) is 17.5 Å². The molecule has 1 saturated heterocycles. The molecule has 1 aromatic heterocycles. The first-order valence-electron chi connectivity index (χ1n) is 11.1. The van der Waals surface area contributed by atoms with Gasteiger partial charge in [0, 0.05) is 59.4 Å². The van der Waals surface area contributed by atoms with Gasteiger partial charge in [-0.1, -0.05) is 18.5 Å². The van der Waals surface area contributed by atoms with E-state index in [1.165, 1.54) is 23.9 Å². The molecule has 0 spiro atoms. The predicted molar refractivity (Wildman–Crippen MR) is 131 cm³/mol. The van der Waals surface area contributed by atoms with Crippen molar-refractivity contribution in [3.05, 3.63) is 51.4 Å². The largest absolute Gasteiger partial charge is 0.350 e. The summed E-state index contributed by atoms with van der Waals surface area (Å²) in [5, 5.41) is 10.4. The van der Waals surface area contributed by atoms with Gasteiger partial charge in [0.05, 0.1) is 29.1 Å². The van der Waals surface area contributed by atoms with Crippen LogP contribution in [0.2, 0.25) is 5.02 Å². The van der Waals surface area contributed by atoms with Crippen molar-refractivity contribution < 1.29 is 8.78 Å². The molecule has 5 rings (SSSR count). The highest BCUT2D eigenvalue weighted by atomic mass is 35.5. The van der Waals surface area contributed by atoms with Crippen LogP contribution in [0.25, 0.3) is 22.0 Å². The van der Waals surface area contributed by atoms with Crippen LogP contribution in [0.3, 0.4) is 0 Å². The van der Waals surface area contributed by atoms with Crippen molar-refractivity contribution >= 4 is 40.1 Å². The fourth-order valence-corrected chi connectivity index (χ4v) is 6.44. The summed E-state index contributed by atoms with van der Waals surface area (Å²) in [5.41, 5.74) is 0.911. The molecule has 0 amide bonds. The molecule has 0 radical (unpaired) electrons. The number of benzene rings is 2. The molecular weight excluding hydrogens is 480 g/mol. The van der Waals surface area contributed by atoms with E-state index in [-0.39, 0.29) is 17.3 Å². The first kappa shape index (κ1) is 23.1. The maximum atomic E-state index is 14.8. The molecule has 10 heteroatoms. The van der Waals surface area contributed by atoms with E-state index in [2.05, 4.69) is 22.9 Å². The lowest BCUT2D eigenvalue weighted by molar-refractivity contribution is 0.233. The lowest BCUT2D eigenvalue weighted by Crippen LogP contribution is -2.53. The standard InChI is InChI=1S/C24H22ClF2N5OS/c1-2-30-7-8-31(15(13-30)5-6-28)23-17-12-18(25)20(16-4-3-14(26)11-19(16)27)22-21(17)32(9-10-34-22)24(33)29-23/h3-4,11-12,15H,2,5,7-10,13H2,1H3/t15-/m0/s1. The van der Waals surface area contributed by atoms with Crippen LogP contribution in [0.5, 0.6) is 0 Å². The number of nitrogens with zero attached hydrogens (tertiary/aromatic N) is 5. The fourth-order valence-electron chi connectivity index (χ4n) is 4.88. The Morgan fingerprint density at radius 2 is 2.09 bits per heavy atom. The van der Waals surface area contributed by atoms with Crippen molar-refractivity contribution in [2.24, 2.45) is 0 Å². The maximum absolute atomic E-state index is 14.8. The molecule has 3 aromatic rings. The second-order valence-corrected chi connectivity index (χ2v) is 9.92. The third-order valence-corrected chi connectivity index (χ3v) is 7.90. The van der Waals surface area contributed by atoms with Crippen LogP contribution >= 0.6 is 23.4 Å². The van der Waals surface area contributed by atoms with E-state index >= 15 is 0 Å². The molecule has 0 saturated carbocycles. The molecule has 0 aliphatic carbocycles. The molecule has 0 N–H and O–H groups in total. The molecule has 0 bridgehead atoms. The van der Waals surface area contributed by atoms with Gasteiger partial charge in [0.25, 0.3) is 0 Å². The molecule has 2 aliphatic heterocycles. The number of likely N-dealkylation sites (N-methyl/N-ethyl adjacent to an activating group) is 1. The number of halogens is 3. The highest BCUT2D eigenvalue weighted by Crippen LogP contribution is 2.46. The lowest BCUT2D eigenvalue weighted by Gasteiger charge is -2.41. The number of piperazine rings is 1. The highest BCUT2D eigenvalue weighted by Gasteiger charge is 2.32. The van der Waals surface area contributed by atoms with Gasteiger partial charge >= 0.3 is 5.69 Å². The summed E-state index contributed by atoms with van der Waals surface area (Å²) >= 11 is 8.23. The van der Waals surface area contributed by atoms with E-state index in [1.54, 1.807) is 10.6 Å². The SMILES string of the molecule is CCN1CCN(c2nc(=O)n3c4c(c(-c5ccc(F)cc5F)c(Cl)cc24)SCC3)[C@@H](CC#N)C1. The minimum atomic E-state index is -0.711. The third-order valence-electron chi connectivity index (χ3n) is 6.53. The molecule has 2 aromatic carbocycles. The van der Waals surface area contributed by atoms with Gasteiger partial charge in [-0.3, -0.25) is 9.47 Å². The number of anilines is 1. The average Bonchev–Trinajstić information content (AvgIpc) is 2.82. The Morgan fingerprint density at radius 3 is 2.82 bits per heavy atom. The van der Waals surface area contributed by atoms with Crippen molar-refractivity contribution in [1.29, 1.82) is 5.26 Å². The molecule has 34 heavy (non-hydrogen) atoms. The Labute approximate surface area is 204 Å². The Morgan fingerprint density at radius 1 is 1.26 bits per heavy atom. The predicted octanol–water partition coefficient (Wildman–Crippen LogP) is 4.52. The maximum Gasteiger partial charge on any atom is 0.350 e. The lowest BCUT2D eigenvalue weighted by atomic mass is 10.0. The molecular formula is C24H22ClF2N5OS. The minimum absolute atomic E-state index is 0.114. The number of nitriles is 1. The van der Waals surface area contributed by atoms with Crippen molar-refractivity contribution in [2.75, 3.05) is 36.8 Å². The van der Waals surface area contributed by atoms with Crippen molar-refractivity contribution in [2.45, 2.75) is 30.8 Å². The van der Waals surface area contributed by atoms with E-state index in [4.69, 9.17) is 11.6 Å². The van der Waals surface area contributed by atoms with Gasteiger partial charge in [-0.05, 0) is 24.7 Å². The van der Waals surface area contributed by atoms with E-state index < -0.39 is 11.6 Å². The Kier molecular flexibility index (Phi) is 6.23. The first-order valence-corrected chi connectivity index (χ1v) is 12.5. The molecule has 3 heterocycles. The van der Waals surface area contributed by atoms with Crippen LogP contribution in [0.15, 0.2) is 34.0 Å². The zero-order valence-corrected chi connectivity index (χ0v) is 20.1. The minimum Gasteiger partial charge on any atom is -0.349 e. The van der Waals surface area contributed by atoms with Crippen LogP contribution in [-0.2, 0) is 6.54 Å². The average molecular weight is 502 g/mol. The normalized spacial score (nSPS) is 18.3. The van der Waals surface area contributed by atoms with E-state index in [0.29, 0.717) is 64.0 Å². The van der Waals surface area contributed by atoms with Crippen molar-refractivity contribution in [3.63, 3.8) is 0 Å². The summed E-state index contributed by atoms with van der Waals surface area (Å²) in [6.45, 7) is 5.55. The summed E-state index contributed by atoms with van der Waals surface area (Å²) in [4.78, 5) is 22.6. The molecule has 1 fully saturated rings. The third kappa shape index (κ3) is 3.84. The van der Waals surface area contributed by atoms with Gasteiger partial charge in [0.15, 0.2) is 0 Å². The second-order valence-electron chi connectivity index (χ2n) is 8.40. The zero-order chi connectivity index (χ0) is 24.0. The summed E-state index contributed by atoms with van der Waals surface area (Å²) in [7, 11) is 0. The highest BCUT2D eigenvalue weighted by molar-refractivity contribution is 7.99. The summed E-state index contributed by atoms with van der Waals surface area (Å²) in [5.74, 6) is -0.274. The number of aromatic nitrogens is 2. The van der Waals surface area contributed by atoms with Crippen LogP contribution in [0.4, 0.5) is 14.6 Å². The number of rotatable bonds is 4. The van der Waals surface area contributed by atoms with E-state index in [0.717, 1.165) is 19.2 Å². The molecule has 176 valence electrons. The number of hydrogen-bond acceptors (Lipinski definition) is 6. The molecule has 6 nitrogen and oxygen atoms in total. The Bertz CT molecular complexity index is 1390. The van der Waals surface area contributed by atoms with Crippen LogP contribution in [0, 0.1) is 23.0 Å². The number of aryl methyl sites for hydroxylation is 1. The number of thioether (sulfide) groups is 1. The zero-order valence-electron chi connectivity index (χ0n) is 18.5. The Hall–Kier alpha value is -2.67. The van der Waals surface area contributed by atoms with E-state index in [1.807, 2.05) is 4.90 Å². The summed E-state index contributed by atoms with van der Waals surface area (Å²) in [6.07, 6.45) is 0.303. The van der Waals surface area contributed by atoms with Gasteiger partial charge in [-0.15, -0.1) is 11.8 Å². The summed E-state index contributed by atoms with van der Waals surface area (Å²) < 4.78 is 30.0. The van der Waals surface area contributed by atoms with Crippen molar-refractivity contribution in [3.8, 4) is 17.2 Å². The fraction of sp³-hybridized carbons (Fsp3) is 0.375. The quantitative estimate of drug-likeness (QED) is 0.523. The van der Waals surface area contributed by atoms with Gasteiger partial charge in [-0.2, -0.15) is 10.2 Å². The van der Waals surface area contributed by atoms with Gasteiger partial charge in [0.2, 0.25) is 0 Å². The van der Waals surface area contributed by atoms with Crippen LogP contribution in [0.1, 0.15) is 13.3 Å². The second kappa shape index (κ2) is 9.17. The molecule has 2 aliphatic rings. The molecule has 1 atom stereocenters. The topological polar surface area (TPSA) is 65.2 Å². The van der Waals surface area contributed by atoms with Gasteiger partial charge < -0.3 is 4.90 Å². The smallest absolute Gasteiger partial charge is 0.349 e. The van der Waals surface area contributed by atoms with Gasteiger partial charge in [-0.25, -0.2) is 13.6 Å². The monoisotopic (exact) mass is 501 g/mol. The number of hydrogen-bond donors (Lipinski definition) is 0. The Balaban J connectivity index is 1.76. The van der Waals surface area contributed by atoms with E-state index in [9.17, 15) is 18.8 Å². The summed E-state index contributed by atoms with van der Waals surface area (Å²) in [6, 6.07) is 7.28.